The van der Waals surface area contributed by atoms with Crippen molar-refractivity contribution in [3.05, 3.63) is 0 Å². The predicted octanol–water partition coefficient (Wildman–Crippen LogP) is 0.650. The Morgan fingerprint density at radius 1 is 0.500 bits per heavy atom. The fourth-order valence-electron chi connectivity index (χ4n) is 12.9. The van der Waals surface area contributed by atoms with Crippen molar-refractivity contribution in [3.63, 3.8) is 0 Å². The molecule has 4 rings (SSSR count). The SMILES string of the molecule is CCCCCCN1CCNC(=O)[C@H](COC(C)C[C@H]2C(=O)N[C@@H](C3CCCCC3)C(=O)N[C@@H](CN)C(=O)N[C@@H]([C@H](C)O)C(=O)NCCN(CCCCCC)[C@@H](C)C(=O)N2C)NC(=O)[C@H](CN)NC(=O)[C@H](C2CCCCC2)NC(=O)[C@H](CC(C)C)N(C)C(=O)[C@@H]1C. The average Bonchev–Trinajstić information content (AvgIpc) is 1.22. The monoisotopic (exact) mass is 1270 g/mol. The van der Waals surface area contributed by atoms with Crippen molar-refractivity contribution in [2.24, 2.45) is 29.2 Å². The molecule has 0 aromatic rings. The van der Waals surface area contributed by atoms with Crippen LogP contribution in [-0.4, -0.2) is 229 Å². The van der Waals surface area contributed by atoms with Crippen LogP contribution in [0.3, 0.4) is 0 Å². The van der Waals surface area contributed by atoms with Gasteiger partial charge in [0.25, 0.3) is 0 Å². The normalized spacial score (nSPS) is 28.6. The maximum absolute atomic E-state index is 15.2. The number of nitrogens with one attached hydrogen (secondary N) is 8. The number of rotatable bonds is 22. The van der Waals surface area contributed by atoms with Crippen LogP contribution in [0, 0.1) is 17.8 Å². The lowest BCUT2D eigenvalue weighted by atomic mass is 9.83. The number of nitrogens with zero attached hydrogens (tertiary/aromatic N) is 4. The summed E-state index contributed by atoms with van der Waals surface area (Å²) < 4.78 is 6.45. The second kappa shape index (κ2) is 39.8. The molecule has 0 aromatic heterocycles. The summed E-state index contributed by atoms with van der Waals surface area (Å²) in [4.78, 5) is 152. The van der Waals surface area contributed by atoms with Gasteiger partial charge in [0.05, 0.1) is 30.9 Å². The summed E-state index contributed by atoms with van der Waals surface area (Å²) in [5.41, 5.74) is 12.3. The van der Waals surface area contributed by atoms with Gasteiger partial charge in [0.2, 0.25) is 59.1 Å². The number of carbonyl (C=O) groups excluding carboxylic acids is 10. The molecule has 514 valence electrons. The first kappa shape index (κ1) is 76.9. The Balaban J connectivity index is 1.76. The standard InChI is InChI=1S/C64H116N14O12/c1-11-13-15-23-31-77-33-29-67-55(80)49(71-56(81)47(37-65)69-61(86)53(45-25-19-17-20-26-45)73-58(83)50(35-40(3)4)75(9)63(88)42(77)6)39-90-41(5)36-51-59(84)74-54(46-27-21-18-22-28-46)62(87)70-48(38-66)57(82)72-52(44(8)79)60(85)68-30-34-78(32-24-16-14-12-2)43(7)64(89)76(51)10/h40-54,79H,11-39,65-66H2,1-10H3,(H,67,80)(H,68,85)(H,69,86)(H,70,87)(H,71,81)(H,72,82)(H,73,83)(H,74,84)/t41?,42-,43-,44-,47-,48-,49-,50-,51-,52-,53-,54-/m0/s1. The number of likely N-dealkylation sites (N-methyl/N-ethyl adjacent to an activating group) is 2. The lowest BCUT2D eigenvalue weighted by Gasteiger charge is -2.37. The highest BCUT2D eigenvalue weighted by Gasteiger charge is 2.42. The quantitative estimate of drug-likeness (QED) is 0.0663. The maximum Gasteiger partial charge on any atom is 0.245 e. The fraction of sp³-hybridized carbons (Fsp3) is 0.844. The summed E-state index contributed by atoms with van der Waals surface area (Å²) in [7, 11) is 3.11. The number of aliphatic hydroxyl groups excluding tert-OH is 1. The number of nitrogens with two attached hydrogens (primary N) is 2. The van der Waals surface area contributed by atoms with E-state index in [-0.39, 0.29) is 69.4 Å². The van der Waals surface area contributed by atoms with E-state index in [0.29, 0.717) is 45.2 Å². The molecule has 2 aliphatic carbocycles. The molecule has 26 heteroatoms. The number of aliphatic hydroxyl groups is 1. The van der Waals surface area contributed by atoms with Crippen LogP contribution in [0.4, 0.5) is 0 Å². The van der Waals surface area contributed by atoms with Crippen LogP contribution in [0.1, 0.15) is 184 Å². The topological polar surface area (TPSA) is 361 Å². The molecule has 0 spiro atoms. The van der Waals surface area contributed by atoms with Crippen molar-refractivity contribution < 1.29 is 57.8 Å². The molecule has 4 fully saturated rings. The van der Waals surface area contributed by atoms with Gasteiger partial charge >= 0.3 is 0 Å². The van der Waals surface area contributed by atoms with Gasteiger partial charge in [-0.25, -0.2) is 0 Å². The number of ether oxygens (including phenoxy) is 1. The summed E-state index contributed by atoms with van der Waals surface area (Å²) in [6.07, 6.45) is 12.6. The van der Waals surface area contributed by atoms with Crippen molar-refractivity contribution in [1.82, 2.24) is 62.1 Å². The molecule has 2 saturated carbocycles. The molecule has 2 aliphatic heterocycles. The molecular formula is C64H116N14O12. The Bertz CT molecular complexity index is 2300. The van der Waals surface area contributed by atoms with Gasteiger partial charge in [-0.2, -0.15) is 0 Å². The van der Waals surface area contributed by atoms with Gasteiger partial charge in [-0.05, 0) is 103 Å². The molecule has 10 amide bonds. The molecule has 2 heterocycles. The molecule has 4 aliphatic rings. The van der Waals surface area contributed by atoms with E-state index in [9.17, 15) is 48.3 Å². The average molecular weight is 1270 g/mol. The molecule has 0 aromatic carbocycles. The highest BCUT2D eigenvalue weighted by Crippen LogP contribution is 2.29. The van der Waals surface area contributed by atoms with E-state index in [1.807, 2.05) is 23.6 Å². The van der Waals surface area contributed by atoms with Gasteiger partial charge < -0.3 is 73.6 Å². The number of hydrogen-bond acceptors (Lipinski definition) is 16. The lowest BCUT2D eigenvalue weighted by molar-refractivity contribution is -0.145. The Hall–Kier alpha value is -5.54. The van der Waals surface area contributed by atoms with Crippen LogP contribution in [0.25, 0.3) is 0 Å². The minimum atomic E-state index is -1.41. The smallest absolute Gasteiger partial charge is 0.245 e. The highest BCUT2D eigenvalue weighted by molar-refractivity contribution is 5.98. The van der Waals surface area contributed by atoms with Crippen molar-refractivity contribution in [1.29, 1.82) is 0 Å². The molecule has 26 nitrogen and oxygen atoms in total. The fourth-order valence-corrected chi connectivity index (χ4v) is 12.9. The van der Waals surface area contributed by atoms with Crippen molar-refractivity contribution in [2.75, 3.05) is 73.1 Å². The Kier molecular flexibility index (Phi) is 34.0. The molecule has 13 N–H and O–H groups in total. The molecule has 12 atom stereocenters. The highest BCUT2D eigenvalue weighted by atomic mass is 16.5. The van der Waals surface area contributed by atoms with Crippen molar-refractivity contribution in [2.45, 2.75) is 256 Å². The van der Waals surface area contributed by atoms with Gasteiger partial charge in [0, 0.05) is 59.8 Å². The number of amides is 10. The van der Waals surface area contributed by atoms with Crippen LogP contribution < -0.4 is 54.0 Å². The molecule has 90 heavy (non-hydrogen) atoms. The zero-order chi connectivity index (χ0) is 66.6. The molecule has 0 bridgehead atoms. The van der Waals surface area contributed by atoms with E-state index in [0.717, 1.165) is 89.9 Å². The minimum absolute atomic E-state index is 0.00796. The minimum Gasteiger partial charge on any atom is -0.391 e. The van der Waals surface area contributed by atoms with E-state index >= 15 is 4.79 Å². The van der Waals surface area contributed by atoms with Gasteiger partial charge in [-0.15, -0.1) is 0 Å². The first-order valence-corrected chi connectivity index (χ1v) is 34.0. The Labute approximate surface area is 535 Å². The van der Waals surface area contributed by atoms with Crippen LogP contribution >= 0.6 is 0 Å². The molecular weight excluding hydrogens is 1160 g/mol. The third-order valence-corrected chi connectivity index (χ3v) is 18.7. The molecule has 1 unspecified atom stereocenters. The zero-order valence-corrected chi connectivity index (χ0v) is 56.0. The lowest BCUT2D eigenvalue weighted by Crippen LogP contribution is -2.63. The second-order valence-electron chi connectivity index (χ2n) is 26.2. The molecule has 0 radical (unpaired) electrons. The number of hydrogen-bond donors (Lipinski definition) is 11. The summed E-state index contributed by atoms with van der Waals surface area (Å²) >= 11 is 0. The van der Waals surface area contributed by atoms with Gasteiger partial charge in [0.1, 0.15) is 48.3 Å². The van der Waals surface area contributed by atoms with E-state index in [1.165, 1.54) is 23.8 Å². The number of unbranched alkanes of at least 4 members (excludes halogenated alkanes) is 6. The summed E-state index contributed by atoms with van der Waals surface area (Å²) in [6, 6.07) is -11.6. The Morgan fingerprint density at radius 2 is 0.911 bits per heavy atom. The van der Waals surface area contributed by atoms with Crippen LogP contribution in [-0.2, 0) is 52.7 Å². The van der Waals surface area contributed by atoms with Gasteiger partial charge in [-0.3, -0.25) is 57.7 Å². The van der Waals surface area contributed by atoms with Crippen molar-refractivity contribution in [3.8, 4) is 0 Å². The van der Waals surface area contributed by atoms with Crippen molar-refractivity contribution >= 4 is 59.1 Å². The summed E-state index contributed by atoms with van der Waals surface area (Å²) in [5.74, 6) is -6.83. The van der Waals surface area contributed by atoms with Crippen LogP contribution in [0.15, 0.2) is 0 Å². The molecule has 2 saturated heterocycles. The van der Waals surface area contributed by atoms with Crippen LogP contribution in [0.2, 0.25) is 0 Å². The van der Waals surface area contributed by atoms with E-state index in [1.54, 1.807) is 27.8 Å². The van der Waals surface area contributed by atoms with E-state index < -0.39 is 132 Å². The number of carbonyl (C=O) groups is 10. The summed E-state index contributed by atoms with van der Waals surface area (Å²) in [5, 5.41) is 33.2. The van der Waals surface area contributed by atoms with E-state index in [2.05, 4.69) is 56.4 Å². The predicted molar refractivity (Wildman–Crippen MR) is 343 cm³/mol. The first-order valence-electron chi connectivity index (χ1n) is 34.0. The zero-order valence-electron chi connectivity index (χ0n) is 56.0. The summed E-state index contributed by atoms with van der Waals surface area (Å²) in [6.45, 7) is 14.9. The third-order valence-electron chi connectivity index (χ3n) is 18.7. The Morgan fingerprint density at radius 3 is 1.32 bits per heavy atom. The second-order valence-corrected chi connectivity index (χ2v) is 26.2. The third kappa shape index (κ3) is 23.9. The maximum atomic E-state index is 15.2. The van der Waals surface area contributed by atoms with Crippen LogP contribution in [0.5, 0.6) is 0 Å². The van der Waals surface area contributed by atoms with E-state index in [4.69, 9.17) is 16.2 Å². The first-order chi connectivity index (χ1) is 42.9. The van der Waals surface area contributed by atoms with Gasteiger partial charge in [-0.1, -0.05) is 105 Å². The van der Waals surface area contributed by atoms with Gasteiger partial charge in [0.15, 0.2) is 0 Å². The largest absolute Gasteiger partial charge is 0.391 e.